The molecule has 0 amide bonds. The van der Waals surface area contributed by atoms with Gasteiger partial charge >= 0.3 is 0 Å². The fourth-order valence-electron chi connectivity index (χ4n) is 1.06. The van der Waals surface area contributed by atoms with Crippen molar-refractivity contribution < 1.29 is 0 Å². The lowest BCUT2D eigenvalue weighted by Crippen LogP contribution is -2.39. The second-order valence-corrected chi connectivity index (χ2v) is 4.14. The van der Waals surface area contributed by atoms with Crippen molar-refractivity contribution in [3.8, 4) is 6.07 Å². The van der Waals surface area contributed by atoms with Crippen LogP contribution in [0.3, 0.4) is 0 Å². The van der Waals surface area contributed by atoms with E-state index in [-0.39, 0.29) is 0 Å². The Labute approximate surface area is 89.7 Å². The van der Waals surface area contributed by atoms with Gasteiger partial charge in [-0.1, -0.05) is 11.6 Å². The zero-order valence-corrected chi connectivity index (χ0v) is 9.34. The van der Waals surface area contributed by atoms with Crippen LogP contribution in [0.25, 0.3) is 0 Å². The van der Waals surface area contributed by atoms with Crippen LogP contribution in [0.1, 0.15) is 13.8 Å². The normalized spacial score (nSPS) is 10.8. The molecule has 0 fully saturated rings. The average molecular weight is 209 g/mol. The summed E-state index contributed by atoms with van der Waals surface area (Å²) < 4.78 is 0. The van der Waals surface area contributed by atoms with E-state index in [0.29, 0.717) is 5.02 Å². The molecule has 0 atom stereocenters. The van der Waals surface area contributed by atoms with E-state index < -0.39 is 5.54 Å². The highest BCUT2D eigenvalue weighted by Gasteiger charge is 2.22. The minimum atomic E-state index is -0.506. The van der Waals surface area contributed by atoms with Crippen LogP contribution in [-0.2, 0) is 0 Å². The number of anilines is 1. The third-order valence-electron chi connectivity index (χ3n) is 2.33. The fraction of sp³-hybridized carbons (Fsp3) is 0.364. The van der Waals surface area contributed by atoms with Crippen LogP contribution in [0.5, 0.6) is 0 Å². The molecule has 1 aromatic carbocycles. The quantitative estimate of drug-likeness (QED) is 0.747. The summed E-state index contributed by atoms with van der Waals surface area (Å²) in [5.41, 5.74) is 0.481. The van der Waals surface area contributed by atoms with Crippen LogP contribution in [0.4, 0.5) is 5.69 Å². The molecule has 0 aliphatic rings. The molecule has 3 heteroatoms. The van der Waals surface area contributed by atoms with E-state index in [1.54, 1.807) is 0 Å². The molecular weight excluding hydrogens is 196 g/mol. The number of hydrogen-bond donors (Lipinski definition) is 0. The van der Waals surface area contributed by atoms with Gasteiger partial charge in [-0.3, -0.25) is 0 Å². The van der Waals surface area contributed by atoms with E-state index in [1.165, 1.54) is 0 Å². The Hall–Kier alpha value is -1.20. The number of nitriles is 1. The summed E-state index contributed by atoms with van der Waals surface area (Å²) in [4.78, 5) is 1.92. The highest BCUT2D eigenvalue weighted by atomic mass is 35.5. The number of rotatable bonds is 2. The van der Waals surface area contributed by atoms with Crippen molar-refractivity contribution in [3.63, 3.8) is 0 Å². The van der Waals surface area contributed by atoms with Crippen molar-refractivity contribution in [1.29, 1.82) is 5.26 Å². The molecule has 0 radical (unpaired) electrons. The zero-order chi connectivity index (χ0) is 10.8. The van der Waals surface area contributed by atoms with Gasteiger partial charge in [0.2, 0.25) is 0 Å². The Morgan fingerprint density at radius 3 is 2.21 bits per heavy atom. The van der Waals surface area contributed by atoms with Crippen LogP contribution < -0.4 is 4.90 Å². The number of benzene rings is 1. The third-order valence-corrected chi connectivity index (χ3v) is 2.58. The van der Waals surface area contributed by atoms with Gasteiger partial charge in [-0.15, -0.1) is 0 Å². The van der Waals surface area contributed by atoms with Crippen molar-refractivity contribution in [2.75, 3.05) is 11.9 Å². The number of halogens is 1. The SMILES string of the molecule is CN(c1ccc(Cl)cc1)C(C)(C)C#N. The van der Waals surface area contributed by atoms with E-state index in [2.05, 4.69) is 6.07 Å². The first kappa shape index (κ1) is 10.9. The fourth-order valence-corrected chi connectivity index (χ4v) is 1.19. The Morgan fingerprint density at radius 2 is 1.79 bits per heavy atom. The second-order valence-electron chi connectivity index (χ2n) is 3.71. The van der Waals surface area contributed by atoms with Gasteiger partial charge in [-0.05, 0) is 38.1 Å². The smallest absolute Gasteiger partial charge is 0.121 e. The topological polar surface area (TPSA) is 27.0 Å². The summed E-state index contributed by atoms with van der Waals surface area (Å²) in [5.74, 6) is 0. The number of nitrogens with zero attached hydrogens (tertiary/aromatic N) is 2. The molecule has 0 aliphatic carbocycles. The van der Waals surface area contributed by atoms with Gasteiger partial charge in [0.25, 0.3) is 0 Å². The molecule has 1 aromatic rings. The first-order valence-corrected chi connectivity index (χ1v) is 4.76. The molecule has 0 heterocycles. The van der Waals surface area contributed by atoms with Crippen molar-refractivity contribution in [3.05, 3.63) is 29.3 Å². The van der Waals surface area contributed by atoms with Gasteiger partial charge in [0.15, 0.2) is 0 Å². The zero-order valence-electron chi connectivity index (χ0n) is 8.58. The summed E-state index contributed by atoms with van der Waals surface area (Å²) in [6.45, 7) is 3.75. The predicted molar refractivity (Wildman–Crippen MR) is 59.5 cm³/mol. The highest BCUT2D eigenvalue weighted by Crippen LogP contribution is 2.23. The molecular formula is C11H13ClN2. The van der Waals surface area contributed by atoms with Gasteiger partial charge in [0.05, 0.1) is 6.07 Å². The largest absolute Gasteiger partial charge is 0.357 e. The molecule has 0 aliphatic heterocycles. The molecule has 0 N–H and O–H groups in total. The molecule has 0 saturated heterocycles. The van der Waals surface area contributed by atoms with Gasteiger partial charge in [0.1, 0.15) is 5.54 Å². The van der Waals surface area contributed by atoms with Gasteiger partial charge < -0.3 is 4.90 Å². The van der Waals surface area contributed by atoms with Crippen LogP contribution in [0.15, 0.2) is 24.3 Å². The maximum Gasteiger partial charge on any atom is 0.121 e. The standard InChI is InChI=1S/C11H13ClN2/c1-11(2,8-13)14(3)10-6-4-9(12)5-7-10/h4-7H,1-3H3. The first-order valence-electron chi connectivity index (χ1n) is 4.38. The lowest BCUT2D eigenvalue weighted by atomic mass is 10.1. The summed E-state index contributed by atoms with van der Waals surface area (Å²) in [6, 6.07) is 9.70. The van der Waals surface area contributed by atoms with Crippen LogP contribution in [0.2, 0.25) is 5.02 Å². The molecule has 0 saturated carbocycles. The molecule has 1 rings (SSSR count). The third kappa shape index (κ3) is 2.18. The van der Waals surface area contributed by atoms with Crippen molar-refractivity contribution >= 4 is 17.3 Å². The van der Waals surface area contributed by atoms with E-state index in [1.807, 2.05) is 50.1 Å². The Bertz CT molecular complexity index is 349. The maximum absolute atomic E-state index is 8.96. The van der Waals surface area contributed by atoms with E-state index in [0.717, 1.165) is 5.69 Å². The minimum absolute atomic E-state index is 0.506. The molecule has 0 bridgehead atoms. The molecule has 0 unspecified atom stereocenters. The lowest BCUT2D eigenvalue weighted by Gasteiger charge is -2.31. The van der Waals surface area contributed by atoms with Gasteiger partial charge in [0, 0.05) is 17.8 Å². The van der Waals surface area contributed by atoms with Crippen LogP contribution >= 0.6 is 11.6 Å². The van der Waals surface area contributed by atoms with Gasteiger partial charge in [-0.2, -0.15) is 5.26 Å². The summed E-state index contributed by atoms with van der Waals surface area (Å²) in [7, 11) is 1.90. The molecule has 0 aromatic heterocycles. The summed E-state index contributed by atoms with van der Waals surface area (Å²) in [5, 5.41) is 9.67. The Balaban J connectivity index is 2.96. The number of hydrogen-bond acceptors (Lipinski definition) is 2. The van der Waals surface area contributed by atoms with E-state index >= 15 is 0 Å². The first-order chi connectivity index (χ1) is 6.47. The molecule has 74 valence electrons. The minimum Gasteiger partial charge on any atom is -0.357 e. The Kier molecular flexibility index (Phi) is 3.03. The lowest BCUT2D eigenvalue weighted by molar-refractivity contribution is 0.617. The van der Waals surface area contributed by atoms with E-state index in [9.17, 15) is 0 Å². The summed E-state index contributed by atoms with van der Waals surface area (Å²) in [6.07, 6.45) is 0. The van der Waals surface area contributed by atoms with Crippen molar-refractivity contribution in [1.82, 2.24) is 0 Å². The predicted octanol–water partition coefficient (Wildman–Crippen LogP) is 3.08. The highest BCUT2D eigenvalue weighted by molar-refractivity contribution is 6.30. The monoisotopic (exact) mass is 208 g/mol. The van der Waals surface area contributed by atoms with E-state index in [4.69, 9.17) is 16.9 Å². The average Bonchev–Trinajstić information content (AvgIpc) is 2.18. The molecule has 2 nitrogen and oxygen atoms in total. The van der Waals surface area contributed by atoms with Crippen molar-refractivity contribution in [2.45, 2.75) is 19.4 Å². The van der Waals surface area contributed by atoms with Crippen LogP contribution in [-0.4, -0.2) is 12.6 Å². The molecule has 14 heavy (non-hydrogen) atoms. The van der Waals surface area contributed by atoms with Crippen LogP contribution in [0, 0.1) is 11.3 Å². The second kappa shape index (κ2) is 3.89. The summed E-state index contributed by atoms with van der Waals surface area (Å²) >= 11 is 5.78. The maximum atomic E-state index is 8.96. The van der Waals surface area contributed by atoms with Crippen molar-refractivity contribution in [2.24, 2.45) is 0 Å². The van der Waals surface area contributed by atoms with Gasteiger partial charge in [-0.25, -0.2) is 0 Å². The Morgan fingerprint density at radius 1 is 1.29 bits per heavy atom. The molecule has 0 spiro atoms.